The summed E-state index contributed by atoms with van der Waals surface area (Å²) in [6.45, 7) is 6.04. The topological polar surface area (TPSA) is 72.1 Å². The molecule has 1 amide bonds. The fourth-order valence-electron chi connectivity index (χ4n) is 2.52. The van der Waals surface area contributed by atoms with E-state index < -0.39 is 0 Å². The van der Waals surface area contributed by atoms with Crippen molar-refractivity contribution in [1.82, 2.24) is 15.5 Å². The molecule has 1 aromatic carbocycles. The number of nitrogens with zero attached hydrogens (tertiary/aromatic N) is 1. The minimum atomic E-state index is -0.0215. The molecule has 24 heavy (non-hydrogen) atoms. The van der Waals surface area contributed by atoms with E-state index in [0.717, 1.165) is 45.0 Å². The molecular formula is C17H27N3O4. The van der Waals surface area contributed by atoms with Crippen LogP contribution in [0.25, 0.3) is 0 Å². The molecule has 2 rings (SSSR count). The highest BCUT2D eigenvalue weighted by molar-refractivity contribution is 5.78. The Morgan fingerprint density at radius 3 is 2.67 bits per heavy atom. The van der Waals surface area contributed by atoms with Crippen molar-refractivity contribution in [3.8, 4) is 11.5 Å². The van der Waals surface area contributed by atoms with E-state index in [1.165, 1.54) is 0 Å². The van der Waals surface area contributed by atoms with Gasteiger partial charge in [-0.1, -0.05) is 6.07 Å². The first-order valence-electron chi connectivity index (χ1n) is 8.21. The Bertz CT molecular complexity index is 519. The number of ether oxygens (including phenoxy) is 3. The van der Waals surface area contributed by atoms with Crippen molar-refractivity contribution >= 4 is 5.91 Å². The lowest BCUT2D eigenvalue weighted by Crippen LogP contribution is -2.42. The van der Waals surface area contributed by atoms with Gasteiger partial charge in [0.1, 0.15) is 0 Å². The number of nitrogens with one attached hydrogen (secondary N) is 2. The Kier molecular flexibility index (Phi) is 7.81. The third-order valence-corrected chi connectivity index (χ3v) is 3.93. The second-order valence-electron chi connectivity index (χ2n) is 5.60. The highest BCUT2D eigenvalue weighted by Gasteiger charge is 2.10. The quantitative estimate of drug-likeness (QED) is 0.629. The highest BCUT2D eigenvalue weighted by Crippen LogP contribution is 2.27. The van der Waals surface area contributed by atoms with Gasteiger partial charge in [-0.25, -0.2) is 0 Å². The lowest BCUT2D eigenvalue weighted by atomic mass is 10.2. The lowest BCUT2D eigenvalue weighted by Gasteiger charge is -2.26. The largest absolute Gasteiger partial charge is 0.493 e. The zero-order valence-electron chi connectivity index (χ0n) is 14.5. The Hall–Kier alpha value is -1.83. The van der Waals surface area contributed by atoms with Crippen LogP contribution in [0.1, 0.15) is 5.56 Å². The summed E-state index contributed by atoms with van der Waals surface area (Å²) in [5.74, 6) is 1.32. The third-order valence-electron chi connectivity index (χ3n) is 3.93. The number of rotatable bonds is 9. The zero-order valence-corrected chi connectivity index (χ0v) is 14.5. The van der Waals surface area contributed by atoms with E-state index in [4.69, 9.17) is 14.2 Å². The molecule has 0 saturated carbocycles. The molecule has 0 spiro atoms. The predicted molar refractivity (Wildman–Crippen MR) is 91.5 cm³/mol. The molecule has 0 aromatic heterocycles. The highest BCUT2D eigenvalue weighted by atomic mass is 16.5. The molecule has 7 nitrogen and oxygen atoms in total. The molecule has 1 aromatic rings. The fourth-order valence-corrected chi connectivity index (χ4v) is 2.52. The average Bonchev–Trinajstić information content (AvgIpc) is 2.64. The number of hydrogen-bond donors (Lipinski definition) is 2. The number of carbonyl (C=O) groups excluding carboxylic acids is 1. The molecule has 2 N–H and O–H groups in total. The van der Waals surface area contributed by atoms with Gasteiger partial charge in [-0.2, -0.15) is 0 Å². The molecule has 0 aliphatic carbocycles. The molecule has 7 heteroatoms. The lowest BCUT2D eigenvalue weighted by molar-refractivity contribution is -0.120. The molecule has 0 unspecified atom stereocenters. The van der Waals surface area contributed by atoms with Crippen molar-refractivity contribution in [3.05, 3.63) is 23.8 Å². The summed E-state index contributed by atoms with van der Waals surface area (Å²) in [6, 6.07) is 5.61. The van der Waals surface area contributed by atoms with Crippen molar-refractivity contribution in [2.45, 2.75) is 6.54 Å². The number of hydrogen-bond acceptors (Lipinski definition) is 6. The van der Waals surface area contributed by atoms with Crippen LogP contribution in [-0.2, 0) is 16.1 Å². The van der Waals surface area contributed by atoms with E-state index >= 15 is 0 Å². The van der Waals surface area contributed by atoms with Crippen LogP contribution < -0.4 is 20.1 Å². The molecule has 1 aliphatic rings. The monoisotopic (exact) mass is 337 g/mol. The first kappa shape index (κ1) is 18.5. The Morgan fingerprint density at radius 2 is 1.96 bits per heavy atom. The van der Waals surface area contributed by atoms with Gasteiger partial charge < -0.3 is 24.8 Å². The summed E-state index contributed by atoms with van der Waals surface area (Å²) in [7, 11) is 3.19. The van der Waals surface area contributed by atoms with Gasteiger partial charge in [0, 0.05) is 32.7 Å². The summed E-state index contributed by atoms with van der Waals surface area (Å²) in [5.41, 5.74) is 0.967. The standard InChI is InChI=1S/C17H27N3O4/c1-22-15-4-3-14(11-16(15)23-2)12-19-17(21)13-18-5-6-20-7-9-24-10-8-20/h3-4,11,18H,5-10,12-13H2,1-2H3,(H,19,21). The van der Waals surface area contributed by atoms with Crippen LogP contribution in [0.5, 0.6) is 11.5 Å². The normalized spacial score (nSPS) is 15.1. The molecule has 0 atom stereocenters. The minimum absolute atomic E-state index is 0.0215. The van der Waals surface area contributed by atoms with E-state index in [1.807, 2.05) is 18.2 Å². The average molecular weight is 337 g/mol. The first-order valence-corrected chi connectivity index (χ1v) is 8.21. The molecule has 0 radical (unpaired) electrons. The molecular weight excluding hydrogens is 310 g/mol. The van der Waals surface area contributed by atoms with Gasteiger partial charge in [-0.3, -0.25) is 9.69 Å². The second kappa shape index (κ2) is 10.1. The molecule has 1 heterocycles. The van der Waals surface area contributed by atoms with Crippen molar-refractivity contribution < 1.29 is 19.0 Å². The predicted octanol–water partition coefficient (Wildman–Crippen LogP) is 0.242. The maximum absolute atomic E-state index is 11.9. The van der Waals surface area contributed by atoms with Gasteiger partial charge in [0.2, 0.25) is 5.91 Å². The summed E-state index contributed by atoms with van der Waals surface area (Å²) in [5, 5.41) is 6.07. The maximum Gasteiger partial charge on any atom is 0.234 e. The van der Waals surface area contributed by atoms with Gasteiger partial charge in [0.05, 0.1) is 34.0 Å². The van der Waals surface area contributed by atoms with Crippen molar-refractivity contribution in [2.75, 3.05) is 60.2 Å². The van der Waals surface area contributed by atoms with Crippen molar-refractivity contribution in [1.29, 1.82) is 0 Å². The van der Waals surface area contributed by atoms with Gasteiger partial charge >= 0.3 is 0 Å². The van der Waals surface area contributed by atoms with Crippen LogP contribution >= 0.6 is 0 Å². The Labute approximate surface area is 143 Å². The number of amides is 1. The molecule has 1 aliphatic heterocycles. The molecule has 0 bridgehead atoms. The van der Waals surface area contributed by atoms with Crippen LogP contribution in [0.3, 0.4) is 0 Å². The van der Waals surface area contributed by atoms with Crippen molar-refractivity contribution in [2.24, 2.45) is 0 Å². The van der Waals surface area contributed by atoms with E-state index in [9.17, 15) is 4.79 Å². The van der Waals surface area contributed by atoms with Crippen LogP contribution in [0.2, 0.25) is 0 Å². The van der Waals surface area contributed by atoms with E-state index in [1.54, 1.807) is 14.2 Å². The number of benzene rings is 1. The third kappa shape index (κ3) is 5.99. The van der Waals surface area contributed by atoms with Gasteiger partial charge in [-0.05, 0) is 17.7 Å². The van der Waals surface area contributed by atoms with Crippen molar-refractivity contribution in [3.63, 3.8) is 0 Å². The van der Waals surface area contributed by atoms with Crippen LogP contribution in [-0.4, -0.2) is 71.0 Å². The van der Waals surface area contributed by atoms with Crippen LogP contribution in [0.15, 0.2) is 18.2 Å². The van der Waals surface area contributed by atoms with Gasteiger partial charge in [0.15, 0.2) is 11.5 Å². The van der Waals surface area contributed by atoms with Crippen LogP contribution in [0.4, 0.5) is 0 Å². The number of carbonyl (C=O) groups is 1. The molecule has 1 fully saturated rings. The SMILES string of the molecule is COc1ccc(CNC(=O)CNCCN2CCOCC2)cc1OC. The summed E-state index contributed by atoms with van der Waals surface area (Å²) < 4.78 is 15.8. The van der Waals surface area contributed by atoms with E-state index in [-0.39, 0.29) is 5.91 Å². The minimum Gasteiger partial charge on any atom is -0.493 e. The summed E-state index contributed by atoms with van der Waals surface area (Å²) >= 11 is 0. The number of methoxy groups -OCH3 is 2. The van der Waals surface area contributed by atoms with E-state index in [0.29, 0.717) is 24.6 Å². The molecule has 134 valence electrons. The maximum atomic E-state index is 11.9. The zero-order chi connectivity index (χ0) is 17.2. The van der Waals surface area contributed by atoms with E-state index in [2.05, 4.69) is 15.5 Å². The summed E-state index contributed by atoms with van der Waals surface area (Å²) in [6.07, 6.45) is 0. The second-order valence-corrected chi connectivity index (χ2v) is 5.60. The number of morpholine rings is 1. The summed E-state index contributed by atoms with van der Waals surface area (Å²) in [4.78, 5) is 14.2. The van der Waals surface area contributed by atoms with Gasteiger partial charge in [-0.15, -0.1) is 0 Å². The Balaban J connectivity index is 1.63. The van der Waals surface area contributed by atoms with Gasteiger partial charge in [0.25, 0.3) is 0 Å². The Morgan fingerprint density at radius 1 is 1.21 bits per heavy atom. The smallest absolute Gasteiger partial charge is 0.234 e. The fraction of sp³-hybridized carbons (Fsp3) is 0.588. The molecule has 1 saturated heterocycles. The first-order chi connectivity index (χ1) is 11.7. The van der Waals surface area contributed by atoms with Crippen LogP contribution in [0, 0.1) is 0 Å².